The molecule has 4 nitrogen and oxygen atoms in total. The van der Waals surface area contributed by atoms with Crippen molar-refractivity contribution < 1.29 is 14.7 Å². The number of carbonyl (C=O) groups excluding carboxylic acids is 2. The van der Waals surface area contributed by atoms with Crippen LogP contribution in [0.4, 0.5) is 0 Å². The number of ketones is 1. The fourth-order valence-electron chi connectivity index (χ4n) is 4.07. The molecule has 4 rings (SSSR count). The minimum absolute atomic E-state index is 0.108. The SMILES string of the molecule is O=C1NC(CCc2ccccc2)C(=O)/C1=C(\O)C(Cc1ccccc1)c1ccccc1. The average Bonchev–Trinajstić information content (AvgIpc) is 3.10. The van der Waals surface area contributed by atoms with Crippen molar-refractivity contribution in [1.29, 1.82) is 0 Å². The van der Waals surface area contributed by atoms with Gasteiger partial charge in [0.2, 0.25) is 0 Å². The molecule has 0 radical (unpaired) electrons. The lowest BCUT2D eigenvalue weighted by Crippen LogP contribution is -2.29. The number of aryl methyl sites for hydroxylation is 1. The van der Waals surface area contributed by atoms with Gasteiger partial charge in [0.05, 0.1) is 6.04 Å². The molecule has 2 unspecified atom stereocenters. The number of allylic oxidation sites excluding steroid dienone is 1. The maximum absolute atomic E-state index is 13.1. The first-order valence-corrected chi connectivity index (χ1v) is 10.5. The summed E-state index contributed by atoms with van der Waals surface area (Å²) < 4.78 is 0. The zero-order chi connectivity index (χ0) is 21.6. The number of aliphatic hydroxyl groups is 1. The summed E-state index contributed by atoms with van der Waals surface area (Å²) in [7, 11) is 0. The van der Waals surface area contributed by atoms with Gasteiger partial charge in [0, 0.05) is 5.92 Å². The summed E-state index contributed by atoms with van der Waals surface area (Å²) in [6.07, 6.45) is 1.67. The second-order valence-electron chi connectivity index (χ2n) is 7.83. The predicted octanol–water partition coefficient (Wildman–Crippen LogP) is 4.53. The molecule has 1 fully saturated rings. The predicted molar refractivity (Wildman–Crippen MR) is 121 cm³/mol. The molecule has 0 spiro atoms. The Bertz CT molecular complexity index is 1080. The Morgan fingerprint density at radius 3 is 1.97 bits per heavy atom. The molecular formula is C27H25NO3. The van der Waals surface area contributed by atoms with Gasteiger partial charge in [-0.2, -0.15) is 0 Å². The van der Waals surface area contributed by atoms with Gasteiger partial charge in [-0.3, -0.25) is 9.59 Å². The number of Topliss-reactive ketones (excluding diaryl/α,β-unsaturated/α-hetero) is 1. The highest BCUT2D eigenvalue weighted by molar-refractivity contribution is 6.27. The molecule has 2 atom stereocenters. The Kier molecular flexibility index (Phi) is 6.27. The lowest BCUT2D eigenvalue weighted by Gasteiger charge is -2.18. The summed E-state index contributed by atoms with van der Waals surface area (Å²) in [6, 6.07) is 28.5. The Labute approximate surface area is 182 Å². The van der Waals surface area contributed by atoms with Gasteiger partial charge in [-0.25, -0.2) is 0 Å². The number of hydrogen-bond acceptors (Lipinski definition) is 3. The largest absolute Gasteiger partial charge is 0.511 e. The number of rotatable bonds is 7. The molecule has 0 saturated carbocycles. The van der Waals surface area contributed by atoms with Crippen LogP contribution in [0.25, 0.3) is 0 Å². The van der Waals surface area contributed by atoms with E-state index >= 15 is 0 Å². The van der Waals surface area contributed by atoms with Gasteiger partial charge in [-0.05, 0) is 36.0 Å². The van der Waals surface area contributed by atoms with Crippen LogP contribution in [0, 0.1) is 0 Å². The van der Waals surface area contributed by atoms with Gasteiger partial charge in [0.15, 0.2) is 5.78 Å². The molecule has 2 N–H and O–H groups in total. The zero-order valence-electron chi connectivity index (χ0n) is 17.2. The van der Waals surface area contributed by atoms with Crippen molar-refractivity contribution in [2.45, 2.75) is 31.2 Å². The molecule has 3 aromatic carbocycles. The van der Waals surface area contributed by atoms with Crippen LogP contribution < -0.4 is 5.32 Å². The van der Waals surface area contributed by atoms with E-state index in [2.05, 4.69) is 5.32 Å². The van der Waals surface area contributed by atoms with Gasteiger partial charge in [-0.1, -0.05) is 91.0 Å². The fourth-order valence-corrected chi connectivity index (χ4v) is 4.07. The van der Waals surface area contributed by atoms with Crippen molar-refractivity contribution in [3.05, 3.63) is 119 Å². The molecule has 1 aliphatic rings. The number of amides is 1. The molecule has 3 aromatic rings. The molecule has 0 bridgehead atoms. The third-order valence-electron chi connectivity index (χ3n) is 5.73. The first kappa shape index (κ1) is 20.6. The van der Waals surface area contributed by atoms with Crippen LogP contribution in [-0.2, 0) is 22.4 Å². The van der Waals surface area contributed by atoms with Crippen molar-refractivity contribution in [2.75, 3.05) is 0 Å². The molecule has 0 aromatic heterocycles. The van der Waals surface area contributed by atoms with Gasteiger partial charge in [0.1, 0.15) is 11.3 Å². The standard InChI is InChI=1S/C27H25NO3/c29-25(22(21-14-8-3-9-15-21)18-20-12-6-2-7-13-20)24-26(30)23(28-27(24)31)17-16-19-10-4-1-5-11-19/h1-15,22-23,29H,16-18H2,(H,28,31)/b25-24+. The summed E-state index contributed by atoms with van der Waals surface area (Å²) in [6.45, 7) is 0. The Morgan fingerprint density at radius 1 is 0.806 bits per heavy atom. The number of nitrogens with one attached hydrogen (secondary N) is 1. The lowest BCUT2D eigenvalue weighted by molar-refractivity contribution is -0.117. The van der Waals surface area contributed by atoms with E-state index in [1.54, 1.807) is 0 Å². The topological polar surface area (TPSA) is 66.4 Å². The van der Waals surface area contributed by atoms with Crippen molar-refractivity contribution >= 4 is 11.7 Å². The summed E-state index contributed by atoms with van der Waals surface area (Å²) >= 11 is 0. The van der Waals surface area contributed by atoms with Crippen LogP contribution in [-0.4, -0.2) is 22.8 Å². The average molecular weight is 412 g/mol. The molecule has 4 heteroatoms. The van der Waals surface area contributed by atoms with Gasteiger partial charge in [-0.15, -0.1) is 0 Å². The van der Waals surface area contributed by atoms with E-state index in [9.17, 15) is 14.7 Å². The zero-order valence-corrected chi connectivity index (χ0v) is 17.2. The molecule has 31 heavy (non-hydrogen) atoms. The Hall–Kier alpha value is -3.66. The van der Waals surface area contributed by atoms with Crippen LogP contribution in [0.2, 0.25) is 0 Å². The third-order valence-corrected chi connectivity index (χ3v) is 5.73. The molecule has 1 heterocycles. The number of carbonyl (C=O) groups is 2. The molecular weight excluding hydrogens is 386 g/mol. The van der Waals surface area contributed by atoms with Crippen LogP contribution in [0.5, 0.6) is 0 Å². The molecule has 156 valence electrons. The maximum atomic E-state index is 13.1. The second kappa shape index (κ2) is 9.43. The molecule has 1 amide bonds. The number of benzene rings is 3. The summed E-state index contributed by atoms with van der Waals surface area (Å²) in [5.41, 5.74) is 2.89. The van der Waals surface area contributed by atoms with Crippen molar-refractivity contribution in [3.63, 3.8) is 0 Å². The summed E-state index contributed by atoms with van der Waals surface area (Å²) in [4.78, 5) is 25.8. The quantitative estimate of drug-likeness (QED) is 0.341. The minimum Gasteiger partial charge on any atom is -0.511 e. The van der Waals surface area contributed by atoms with Gasteiger partial charge < -0.3 is 10.4 Å². The third kappa shape index (κ3) is 4.75. The van der Waals surface area contributed by atoms with Crippen molar-refractivity contribution in [2.24, 2.45) is 0 Å². The Morgan fingerprint density at radius 2 is 1.35 bits per heavy atom. The summed E-state index contributed by atoms with van der Waals surface area (Å²) in [5, 5.41) is 13.9. The normalized spacial score (nSPS) is 18.5. The number of hydrogen-bond donors (Lipinski definition) is 2. The number of aliphatic hydroxyl groups excluding tert-OH is 1. The first-order chi connectivity index (χ1) is 15.1. The van der Waals surface area contributed by atoms with Crippen LogP contribution in [0.15, 0.2) is 102 Å². The fraction of sp³-hybridized carbons (Fsp3) is 0.185. The lowest BCUT2D eigenvalue weighted by atomic mass is 9.87. The maximum Gasteiger partial charge on any atom is 0.259 e. The monoisotopic (exact) mass is 411 g/mol. The minimum atomic E-state index is -0.613. The first-order valence-electron chi connectivity index (χ1n) is 10.5. The highest BCUT2D eigenvalue weighted by atomic mass is 16.3. The molecule has 0 aliphatic carbocycles. The van der Waals surface area contributed by atoms with E-state index in [1.165, 1.54) is 0 Å². The summed E-state index contributed by atoms with van der Waals surface area (Å²) in [5.74, 6) is -1.44. The van der Waals surface area contributed by atoms with E-state index in [0.717, 1.165) is 16.7 Å². The van der Waals surface area contributed by atoms with E-state index in [4.69, 9.17) is 0 Å². The van der Waals surface area contributed by atoms with E-state index in [0.29, 0.717) is 19.3 Å². The van der Waals surface area contributed by atoms with Crippen molar-refractivity contribution in [1.82, 2.24) is 5.32 Å². The van der Waals surface area contributed by atoms with E-state index in [-0.39, 0.29) is 17.1 Å². The smallest absolute Gasteiger partial charge is 0.259 e. The second-order valence-corrected chi connectivity index (χ2v) is 7.83. The molecule has 1 saturated heterocycles. The van der Waals surface area contributed by atoms with Crippen LogP contribution in [0.3, 0.4) is 0 Å². The van der Waals surface area contributed by atoms with Crippen LogP contribution in [0.1, 0.15) is 29.0 Å². The van der Waals surface area contributed by atoms with E-state index < -0.39 is 17.9 Å². The van der Waals surface area contributed by atoms with Crippen LogP contribution >= 0.6 is 0 Å². The Balaban J connectivity index is 1.61. The van der Waals surface area contributed by atoms with Gasteiger partial charge in [0.25, 0.3) is 5.91 Å². The van der Waals surface area contributed by atoms with Crippen molar-refractivity contribution in [3.8, 4) is 0 Å². The van der Waals surface area contributed by atoms with E-state index in [1.807, 2.05) is 91.0 Å². The van der Waals surface area contributed by atoms with Gasteiger partial charge >= 0.3 is 0 Å². The molecule has 1 aliphatic heterocycles. The highest BCUT2D eigenvalue weighted by Gasteiger charge is 2.39. The highest BCUT2D eigenvalue weighted by Crippen LogP contribution is 2.31.